The number of amides is 1. The van der Waals surface area contributed by atoms with Crippen LogP contribution in [0.3, 0.4) is 0 Å². The van der Waals surface area contributed by atoms with E-state index in [-0.39, 0.29) is 11.6 Å². The van der Waals surface area contributed by atoms with Gasteiger partial charge < -0.3 is 10.2 Å². The number of nitrogens with zero attached hydrogens (tertiary/aromatic N) is 1. The van der Waals surface area contributed by atoms with Gasteiger partial charge in [0.05, 0.1) is 24.1 Å². The summed E-state index contributed by atoms with van der Waals surface area (Å²) >= 11 is 0. The zero-order valence-corrected chi connectivity index (χ0v) is 13.0. The third kappa shape index (κ3) is 4.53. The highest BCUT2D eigenvalue weighted by molar-refractivity contribution is 5.94. The molecule has 1 amide bonds. The molecule has 6 nitrogen and oxygen atoms in total. The van der Waals surface area contributed by atoms with Crippen LogP contribution in [0.4, 0.5) is 5.69 Å². The summed E-state index contributed by atoms with van der Waals surface area (Å²) in [7, 11) is 0. The molecule has 1 aliphatic rings. The maximum atomic E-state index is 12.0. The number of non-ortho nitro benzene ring substituents is 1. The molecule has 2 atom stereocenters. The normalized spacial score (nSPS) is 21.3. The molecule has 1 heterocycles. The van der Waals surface area contributed by atoms with E-state index in [1.807, 2.05) is 0 Å². The molecular weight excluding hydrogens is 282 g/mol. The third-order valence-electron chi connectivity index (χ3n) is 4.36. The van der Waals surface area contributed by atoms with Crippen molar-refractivity contribution in [3.63, 3.8) is 0 Å². The monoisotopic (exact) mass is 306 g/mol. The summed E-state index contributed by atoms with van der Waals surface area (Å²) in [5.41, 5.74) is 0.284. The van der Waals surface area contributed by atoms with E-state index in [1.54, 1.807) is 11.0 Å². The smallest absolute Gasteiger partial charge is 0.270 e. The maximum absolute atomic E-state index is 12.0. The van der Waals surface area contributed by atoms with Gasteiger partial charge in [0.15, 0.2) is 0 Å². The molecule has 1 aliphatic heterocycles. The number of carbonyl (C=O) groups excluding carboxylic acids is 1. The Kier molecular flexibility index (Phi) is 5.89. The molecule has 1 saturated heterocycles. The van der Waals surface area contributed by atoms with Gasteiger partial charge in [-0.25, -0.2) is 0 Å². The fraction of sp³-hybridized carbons (Fsp3) is 0.562. The largest absolute Gasteiger partial charge is 0.352 e. The van der Waals surface area contributed by atoms with Crippen LogP contribution in [-0.2, 0) is 0 Å². The number of hydrogen-bond donors (Lipinski definition) is 2. The molecule has 0 aromatic heterocycles. The summed E-state index contributed by atoms with van der Waals surface area (Å²) < 4.78 is 0. The van der Waals surface area contributed by atoms with Gasteiger partial charge in [0.25, 0.3) is 11.6 Å². The molecule has 120 valence electrons. The Morgan fingerprint density at radius 2 is 2.27 bits per heavy atom. The van der Waals surface area contributed by atoms with Gasteiger partial charge in [0.1, 0.15) is 0 Å². The lowest BCUT2D eigenvalue weighted by Crippen LogP contribution is -3.16. The lowest BCUT2D eigenvalue weighted by Gasteiger charge is -2.30. The van der Waals surface area contributed by atoms with Gasteiger partial charge in [0, 0.05) is 30.7 Å². The molecule has 2 N–H and O–H groups in total. The molecule has 0 spiro atoms. The van der Waals surface area contributed by atoms with Crippen molar-refractivity contribution in [2.24, 2.45) is 0 Å². The molecule has 0 saturated carbocycles. The van der Waals surface area contributed by atoms with Crippen molar-refractivity contribution in [1.82, 2.24) is 5.32 Å². The van der Waals surface area contributed by atoms with E-state index >= 15 is 0 Å². The maximum Gasteiger partial charge on any atom is 0.270 e. The van der Waals surface area contributed by atoms with Crippen LogP contribution >= 0.6 is 0 Å². The first-order valence-electron chi connectivity index (χ1n) is 7.95. The van der Waals surface area contributed by atoms with Crippen molar-refractivity contribution in [2.45, 2.75) is 38.6 Å². The highest BCUT2D eigenvalue weighted by atomic mass is 16.6. The summed E-state index contributed by atoms with van der Waals surface area (Å²) in [4.78, 5) is 23.8. The van der Waals surface area contributed by atoms with Gasteiger partial charge in [-0.15, -0.1) is 0 Å². The summed E-state index contributed by atoms with van der Waals surface area (Å²) in [5.74, 6) is -0.245. The molecular formula is C16H24N3O3+. The number of nitrogens with one attached hydrogen (secondary N) is 2. The fourth-order valence-electron chi connectivity index (χ4n) is 3.00. The average molecular weight is 306 g/mol. The molecule has 0 bridgehead atoms. The van der Waals surface area contributed by atoms with Gasteiger partial charge in [-0.2, -0.15) is 0 Å². The van der Waals surface area contributed by atoms with E-state index in [4.69, 9.17) is 0 Å². The van der Waals surface area contributed by atoms with E-state index in [0.29, 0.717) is 18.2 Å². The van der Waals surface area contributed by atoms with Crippen molar-refractivity contribution >= 4 is 11.6 Å². The average Bonchev–Trinajstić information content (AvgIpc) is 2.53. The second-order valence-corrected chi connectivity index (χ2v) is 5.97. The Labute approximate surface area is 130 Å². The Morgan fingerprint density at radius 3 is 3.00 bits per heavy atom. The highest BCUT2D eigenvalue weighted by Gasteiger charge is 2.21. The van der Waals surface area contributed by atoms with Gasteiger partial charge in [-0.05, 0) is 32.3 Å². The molecule has 6 heteroatoms. The minimum Gasteiger partial charge on any atom is -0.352 e. The molecule has 1 aromatic rings. The van der Waals surface area contributed by atoms with Crippen LogP contribution in [0.1, 0.15) is 43.0 Å². The summed E-state index contributed by atoms with van der Waals surface area (Å²) in [6.07, 6.45) is 4.84. The van der Waals surface area contributed by atoms with Crippen molar-refractivity contribution in [2.75, 3.05) is 19.6 Å². The minimum atomic E-state index is -0.488. The summed E-state index contributed by atoms with van der Waals surface area (Å²) in [6.45, 7) is 5.18. The third-order valence-corrected chi connectivity index (χ3v) is 4.36. The van der Waals surface area contributed by atoms with Gasteiger partial charge in [0.2, 0.25) is 0 Å². The Bertz CT molecular complexity index is 533. The molecule has 1 fully saturated rings. The highest BCUT2D eigenvalue weighted by Crippen LogP contribution is 2.12. The van der Waals surface area contributed by atoms with E-state index in [9.17, 15) is 14.9 Å². The second-order valence-electron chi connectivity index (χ2n) is 5.97. The van der Waals surface area contributed by atoms with Crippen LogP contribution in [0.25, 0.3) is 0 Å². The SMILES string of the molecule is C[C@H]1CCCC[NH+]1CCCNC(=O)c1cccc([N+](=O)[O-])c1. The van der Waals surface area contributed by atoms with E-state index in [1.165, 1.54) is 44.0 Å². The van der Waals surface area contributed by atoms with Crippen molar-refractivity contribution in [3.05, 3.63) is 39.9 Å². The Hall–Kier alpha value is -1.95. The first kappa shape index (κ1) is 16.4. The van der Waals surface area contributed by atoms with Crippen molar-refractivity contribution in [1.29, 1.82) is 0 Å². The van der Waals surface area contributed by atoms with Gasteiger partial charge in [-0.1, -0.05) is 6.07 Å². The predicted octanol–water partition coefficient (Wildman–Crippen LogP) is 1.17. The zero-order valence-electron chi connectivity index (χ0n) is 13.0. The molecule has 1 unspecified atom stereocenters. The lowest BCUT2D eigenvalue weighted by molar-refractivity contribution is -0.928. The van der Waals surface area contributed by atoms with Crippen LogP contribution in [0.2, 0.25) is 0 Å². The topological polar surface area (TPSA) is 76.7 Å². The van der Waals surface area contributed by atoms with Crippen LogP contribution in [0, 0.1) is 10.1 Å². The van der Waals surface area contributed by atoms with Crippen LogP contribution in [0.5, 0.6) is 0 Å². The zero-order chi connectivity index (χ0) is 15.9. The van der Waals surface area contributed by atoms with E-state index in [0.717, 1.165) is 13.0 Å². The number of likely N-dealkylation sites (tertiary alicyclic amines) is 1. The van der Waals surface area contributed by atoms with Gasteiger partial charge in [-0.3, -0.25) is 14.9 Å². The first-order valence-corrected chi connectivity index (χ1v) is 7.95. The number of hydrogen-bond acceptors (Lipinski definition) is 3. The van der Waals surface area contributed by atoms with Gasteiger partial charge >= 0.3 is 0 Å². The number of benzene rings is 1. The Balaban J connectivity index is 1.75. The predicted molar refractivity (Wildman–Crippen MR) is 84.1 cm³/mol. The second kappa shape index (κ2) is 7.89. The molecule has 2 rings (SSSR count). The number of piperidine rings is 1. The molecule has 1 aromatic carbocycles. The number of rotatable bonds is 6. The summed E-state index contributed by atoms with van der Waals surface area (Å²) in [6, 6.07) is 6.54. The molecule has 0 radical (unpaired) electrons. The quantitative estimate of drug-likeness (QED) is 0.470. The Morgan fingerprint density at radius 1 is 1.45 bits per heavy atom. The van der Waals surface area contributed by atoms with E-state index in [2.05, 4.69) is 12.2 Å². The van der Waals surface area contributed by atoms with Crippen molar-refractivity contribution < 1.29 is 14.6 Å². The van der Waals surface area contributed by atoms with Crippen LogP contribution in [0.15, 0.2) is 24.3 Å². The number of nitro groups is 1. The fourth-order valence-corrected chi connectivity index (χ4v) is 3.00. The minimum absolute atomic E-state index is 0.0563. The standard InChI is InChI=1S/C16H23N3O3/c1-13-6-2-3-10-18(13)11-5-9-17-16(20)14-7-4-8-15(12-14)19(21)22/h4,7-8,12-13H,2-3,5-6,9-11H2,1H3,(H,17,20)/p+1/t13-/m0/s1. The number of quaternary nitrogens is 1. The first-order chi connectivity index (χ1) is 10.6. The lowest BCUT2D eigenvalue weighted by atomic mass is 10.0. The number of carbonyl (C=O) groups is 1. The van der Waals surface area contributed by atoms with Crippen molar-refractivity contribution in [3.8, 4) is 0 Å². The number of nitro benzene ring substituents is 1. The molecule has 22 heavy (non-hydrogen) atoms. The van der Waals surface area contributed by atoms with E-state index < -0.39 is 4.92 Å². The summed E-state index contributed by atoms with van der Waals surface area (Å²) in [5, 5.41) is 13.6. The molecule has 0 aliphatic carbocycles. The van der Waals surface area contributed by atoms with Crippen LogP contribution in [-0.4, -0.2) is 36.5 Å². The van der Waals surface area contributed by atoms with Crippen LogP contribution < -0.4 is 10.2 Å².